The van der Waals surface area contributed by atoms with Gasteiger partial charge in [-0.2, -0.15) is 0 Å². The van der Waals surface area contributed by atoms with Crippen LogP contribution in [0.3, 0.4) is 0 Å². The SMILES string of the molecule is CC[C@@H](C)NC(=O)C(Cl)Cl. The van der Waals surface area contributed by atoms with E-state index in [0.717, 1.165) is 6.42 Å². The molecule has 4 heteroatoms. The van der Waals surface area contributed by atoms with Gasteiger partial charge in [-0.15, -0.1) is 0 Å². The van der Waals surface area contributed by atoms with Crippen LogP contribution in [0.15, 0.2) is 0 Å². The quantitative estimate of drug-likeness (QED) is 0.664. The maximum Gasteiger partial charge on any atom is 0.253 e. The monoisotopic (exact) mass is 183 g/mol. The lowest BCUT2D eigenvalue weighted by Crippen LogP contribution is -2.35. The Morgan fingerprint density at radius 2 is 2.10 bits per heavy atom. The second-order valence-corrected chi connectivity index (χ2v) is 3.21. The average Bonchev–Trinajstić information content (AvgIpc) is 1.87. The van der Waals surface area contributed by atoms with E-state index in [1.165, 1.54) is 0 Å². The zero-order valence-electron chi connectivity index (χ0n) is 6.03. The highest BCUT2D eigenvalue weighted by Crippen LogP contribution is 2.01. The average molecular weight is 184 g/mol. The molecular weight excluding hydrogens is 173 g/mol. The normalized spacial score (nSPS) is 13.3. The first-order chi connectivity index (χ1) is 4.57. The van der Waals surface area contributed by atoms with Gasteiger partial charge in [0.05, 0.1) is 0 Å². The number of hydrogen-bond donors (Lipinski definition) is 1. The third-order valence-corrected chi connectivity index (χ3v) is 1.60. The van der Waals surface area contributed by atoms with E-state index in [4.69, 9.17) is 23.2 Å². The molecule has 0 aromatic carbocycles. The van der Waals surface area contributed by atoms with Crippen molar-refractivity contribution in [3.05, 3.63) is 0 Å². The molecular formula is C6H11Cl2NO. The first-order valence-electron chi connectivity index (χ1n) is 3.16. The van der Waals surface area contributed by atoms with Crippen molar-refractivity contribution in [1.82, 2.24) is 5.32 Å². The van der Waals surface area contributed by atoms with E-state index in [1.807, 2.05) is 13.8 Å². The molecule has 0 bridgehead atoms. The maximum absolute atomic E-state index is 10.7. The molecule has 1 N–H and O–H groups in total. The van der Waals surface area contributed by atoms with Crippen molar-refractivity contribution in [3.8, 4) is 0 Å². The number of rotatable bonds is 3. The molecule has 0 radical (unpaired) electrons. The second-order valence-electron chi connectivity index (χ2n) is 2.12. The summed E-state index contributed by atoms with van der Waals surface area (Å²) in [4.78, 5) is 9.79. The molecule has 2 nitrogen and oxygen atoms in total. The molecule has 0 aromatic heterocycles. The molecule has 0 aliphatic rings. The topological polar surface area (TPSA) is 29.1 Å². The van der Waals surface area contributed by atoms with Crippen LogP contribution in [0.4, 0.5) is 0 Å². The Morgan fingerprint density at radius 3 is 2.40 bits per heavy atom. The summed E-state index contributed by atoms with van der Waals surface area (Å²) in [5.74, 6) is -0.322. The van der Waals surface area contributed by atoms with Crippen LogP contribution in [-0.4, -0.2) is 16.8 Å². The molecule has 60 valence electrons. The molecule has 1 atom stereocenters. The number of amides is 1. The number of carbonyl (C=O) groups is 1. The maximum atomic E-state index is 10.7. The van der Waals surface area contributed by atoms with Crippen molar-refractivity contribution in [1.29, 1.82) is 0 Å². The summed E-state index contributed by atoms with van der Waals surface area (Å²) in [5.41, 5.74) is 0. The van der Waals surface area contributed by atoms with Gasteiger partial charge >= 0.3 is 0 Å². The summed E-state index contributed by atoms with van der Waals surface area (Å²) in [6.07, 6.45) is 0.881. The molecule has 0 rings (SSSR count). The lowest BCUT2D eigenvalue weighted by Gasteiger charge is -2.10. The van der Waals surface area contributed by atoms with Gasteiger partial charge < -0.3 is 5.32 Å². The van der Waals surface area contributed by atoms with Crippen molar-refractivity contribution in [2.24, 2.45) is 0 Å². The van der Waals surface area contributed by atoms with E-state index in [2.05, 4.69) is 5.32 Å². The highest BCUT2D eigenvalue weighted by Gasteiger charge is 2.12. The first-order valence-corrected chi connectivity index (χ1v) is 4.03. The largest absolute Gasteiger partial charge is 0.351 e. The van der Waals surface area contributed by atoms with Crippen LogP contribution in [0.25, 0.3) is 0 Å². The third-order valence-electron chi connectivity index (χ3n) is 1.20. The van der Waals surface area contributed by atoms with E-state index in [1.54, 1.807) is 0 Å². The summed E-state index contributed by atoms with van der Waals surface area (Å²) in [6, 6.07) is 0.146. The number of nitrogens with one attached hydrogen (secondary N) is 1. The highest BCUT2D eigenvalue weighted by atomic mass is 35.5. The van der Waals surface area contributed by atoms with Crippen molar-refractivity contribution in [3.63, 3.8) is 0 Å². The summed E-state index contributed by atoms with van der Waals surface area (Å²) in [7, 11) is 0. The molecule has 0 aromatic rings. The van der Waals surface area contributed by atoms with Crippen LogP contribution in [0, 0.1) is 0 Å². The summed E-state index contributed by atoms with van der Waals surface area (Å²) < 4.78 is 0. The summed E-state index contributed by atoms with van der Waals surface area (Å²) in [5, 5.41) is 2.63. The third kappa shape index (κ3) is 3.96. The van der Waals surface area contributed by atoms with Crippen LogP contribution in [0.2, 0.25) is 0 Å². The Bertz CT molecular complexity index is 116. The Kier molecular flexibility index (Phi) is 4.83. The Labute approximate surface area is 70.9 Å². The summed E-state index contributed by atoms with van der Waals surface area (Å²) in [6.45, 7) is 3.87. The van der Waals surface area contributed by atoms with Crippen LogP contribution < -0.4 is 5.32 Å². The summed E-state index contributed by atoms with van der Waals surface area (Å²) >= 11 is 10.6. The van der Waals surface area contributed by atoms with Crippen molar-refractivity contribution < 1.29 is 4.79 Å². The van der Waals surface area contributed by atoms with Gasteiger partial charge in [0.1, 0.15) is 0 Å². The fourth-order valence-electron chi connectivity index (χ4n) is 0.408. The predicted octanol–water partition coefficient (Wildman–Crippen LogP) is 1.70. The molecule has 0 spiro atoms. The molecule has 0 saturated heterocycles. The van der Waals surface area contributed by atoms with Gasteiger partial charge in [-0.05, 0) is 13.3 Å². The number of halogens is 2. The van der Waals surface area contributed by atoms with Crippen molar-refractivity contribution in [2.45, 2.75) is 31.1 Å². The molecule has 0 saturated carbocycles. The van der Waals surface area contributed by atoms with Crippen molar-refractivity contribution in [2.75, 3.05) is 0 Å². The van der Waals surface area contributed by atoms with E-state index >= 15 is 0 Å². The lowest BCUT2D eigenvalue weighted by molar-refractivity contribution is -0.120. The number of hydrogen-bond acceptors (Lipinski definition) is 1. The molecule has 10 heavy (non-hydrogen) atoms. The van der Waals surface area contributed by atoms with Gasteiger partial charge in [0.15, 0.2) is 4.84 Å². The number of alkyl halides is 2. The zero-order chi connectivity index (χ0) is 8.15. The fourth-order valence-corrected chi connectivity index (χ4v) is 0.534. The van der Waals surface area contributed by atoms with Gasteiger partial charge in [0.2, 0.25) is 0 Å². The molecule has 1 amide bonds. The highest BCUT2D eigenvalue weighted by molar-refractivity contribution is 6.53. The van der Waals surface area contributed by atoms with E-state index in [-0.39, 0.29) is 11.9 Å². The van der Waals surface area contributed by atoms with Crippen LogP contribution >= 0.6 is 23.2 Å². The fraction of sp³-hybridized carbons (Fsp3) is 0.833. The minimum atomic E-state index is -0.950. The predicted molar refractivity (Wildman–Crippen MR) is 43.4 cm³/mol. The van der Waals surface area contributed by atoms with Gasteiger partial charge in [-0.3, -0.25) is 4.79 Å². The Balaban J connectivity index is 3.57. The Morgan fingerprint density at radius 1 is 1.60 bits per heavy atom. The van der Waals surface area contributed by atoms with Crippen LogP contribution in [-0.2, 0) is 4.79 Å². The van der Waals surface area contributed by atoms with E-state index in [0.29, 0.717) is 0 Å². The minimum Gasteiger partial charge on any atom is -0.351 e. The molecule has 0 unspecified atom stereocenters. The Hall–Kier alpha value is 0.0500. The standard InChI is InChI=1S/C6H11Cl2NO/c1-3-4(2)9-6(10)5(7)8/h4-5H,3H2,1-2H3,(H,9,10)/t4-/m1/s1. The molecule has 0 aliphatic carbocycles. The second kappa shape index (κ2) is 4.80. The molecule has 0 aliphatic heterocycles. The van der Waals surface area contributed by atoms with E-state index in [9.17, 15) is 4.79 Å². The zero-order valence-corrected chi connectivity index (χ0v) is 7.54. The minimum absolute atomic E-state index is 0.146. The molecule has 0 fully saturated rings. The van der Waals surface area contributed by atoms with Gasteiger partial charge in [-0.1, -0.05) is 30.1 Å². The van der Waals surface area contributed by atoms with Gasteiger partial charge in [-0.25, -0.2) is 0 Å². The van der Waals surface area contributed by atoms with Gasteiger partial charge in [0, 0.05) is 6.04 Å². The smallest absolute Gasteiger partial charge is 0.253 e. The van der Waals surface area contributed by atoms with E-state index < -0.39 is 4.84 Å². The van der Waals surface area contributed by atoms with Gasteiger partial charge in [0.25, 0.3) is 5.91 Å². The lowest BCUT2D eigenvalue weighted by atomic mass is 10.3. The van der Waals surface area contributed by atoms with Crippen LogP contribution in [0.1, 0.15) is 20.3 Å². The first kappa shape index (κ1) is 10.0. The van der Waals surface area contributed by atoms with Crippen LogP contribution in [0.5, 0.6) is 0 Å². The number of carbonyl (C=O) groups excluding carboxylic acids is 1. The molecule has 0 heterocycles. The van der Waals surface area contributed by atoms with Crippen molar-refractivity contribution >= 4 is 29.1 Å².